The molecule has 0 radical (unpaired) electrons. The smallest absolute Gasteiger partial charge is 0.338 e. The molecule has 1 aromatic carbocycles. The second-order valence-corrected chi connectivity index (χ2v) is 10.6. The number of aryl methyl sites for hydroxylation is 2. The van der Waals surface area contributed by atoms with Crippen LogP contribution in [0.5, 0.6) is 0 Å². The number of ether oxygens (including phenoxy) is 2. The van der Waals surface area contributed by atoms with Crippen molar-refractivity contribution in [1.82, 2.24) is 4.98 Å². The van der Waals surface area contributed by atoms with Crippen molar-refractivity contribution in [2.75, 3.05) is 5.75 Å². The molecule has 1 aliphatic heterocycles. The first-order chi connectivity index (χ1) is 17.8. The van der Waals surface area contributed by atoms with Crippen molar-refractivity contribution in [3.05, 3.63) is 69.1 Å². The Labute approximate surface area is 225 Å². The van der Waals surface area contributed by atoms with Crippen LogP contribution in [-0.2, 0) is 27.1 Å². The lowest BCUT2D eigenvalue weighted by Crippen LogP contribution is -2.35. The SMILES string of the molecule is CC(C)OC(=O)C1=C(CSc2nc3c(cc2C#N)CCCCC3)OC(=N)C(C#N)C1c1ccccc1Cl. The van der Waals surface area contributed by atoms with E-state index in [9.17, 15) is 15.3 Å². The number of carbonyl (C=O) groups is 1. The molecule has 1 aliphatic carbocycles. The standard InChI is InChI=1S/C28H27ClN4O3S/c1-16(2)35-28(34)25-23(36-26(32)20(14-31)24(25)19-9-6-7-10-21(19)29)15-37-27-18(13-30)12-17-8-4-3-5-11-22(17)33-27/h6-7,9-10,12,16,20,24,32H,3-5,8,11,15H2,1-2H3. The summed E-state index contributed by atoms with van der Waals surface area (Å²) in [6.45, 7) is 3.48. The summed E-state index contributed by atoms with van der Waals surface area (Å²) in [5, 5.41) is 29.1. The number of rotatable bonds is 6. The zero-order chi connectivity index (χ0) is 26.5. The minimum atomic E-state index is -1.05. The fourth-order valence-corrected chi connectivity index (χ4v) is 5.85. The second-order valence-electron chi connectivity index (χ2n) is 9.27. The third-order valence-corrected chi connectivity index (χ3v) is 7.71. The monoisotopic (exact) mass is 534 g/mol. The van der Waals surface area contributed by atoms with Gasteiger partial charge in [-0.2, -0.15) is 10.5 Å². The van der Waals surface area contributed by atoms with Gasteiger partial charge in [0.25, 0.3) is 0 Å². The molecule has 37 heavy (non-hydrogen) atoms. The molecule has 190 valence electrons. The first kappa shape index (κ1) is 26.7. The van der Waals surface area contributed by atoms with Crippen molar-refractivity contribution >= 4 is 35.2 Å². The van der Waals surface area contributed by atoms with Gasteiger partial charge in [-0.1, -0.05) is 48.0 Å². The fraction of sp³-hybridized carbons (Fsp3) is 0.393. The summed E-state index contributed by atoms with van der Waals surface area (Å²) in [5.41, 5.74) is 3.29. The second kappa shape index (κ2) is 11.8. The number of thioether (sulfide) groups is 1. The number of hydrogen-bond donors (Lipinski definition) is 1. The van der Waals surface area contributed by atoms with Crippen molar-refractivity contribution in [2.24, 2.45) is 5.92 Å². The molecule has 0 saturated carbocycles. The van der Waals surface area contributed by atoms with E-state index in [-0.39, 0.29) is 23.0 Å². The first-order valence-electron chi connectivity index (χ1n) is 12.2. The summed E-state index contributed by atoms with van der Waals surface area (Å²) in [7, 11) is 0. The summed E-state index contributed by atoms with van der Waals surface area (Å²) in [6.07, 6.45) is 4.64. The van der Waals surface area contributed by atoms with Gasteiger partial charge in [0.1, 0.15) is 22.8 Å². The molecule has 0 saturated heterocycles. The highest BCUT2D eigenvalue weighted by molar-refractivity contribution is 7.99. The molecule has 2 aromatic rings. The Hall–Kier alpha value is -3.33. The van der Waals surface area contributed by atoms with Crippen molar-refractivity contribution in [3.63, 3.8) is 0 Å². The van der Waals surface area contributed by atoms with Crippen LogP contribution >= 0.6 is 23.4 Å². The lowest BCUT2D eigenvalue weighted by atomic mass is 9.78. The summed E-state index contributed by atoms with van der Waals surface area (Å²) < 4.78 is 11.3. The summed E-state index contributed by atoms with van der Waals surface area (Å²) in [5.74, 6) is -2.44. The average Bonchev–Trinajstić information content (AvgIpc) is 3.11. The normalized spacial score (nSPS) is 19.4. The summed E-state index contributed by atoms with van der Waals surface area (Å²) >= 11 is 7.77. The average molecular weight is 535 g/mol. The van der Waals surface area contributed by atoms with Gasteiger partial charge in [0.15, 0.2) is 0 Å². The van der Waals surface area contributed by atoms with Gasteiger partial charge in [-0.05, 0) is 62.8 Å². The van der Waals surface area contributed by atoms with Crippen LogP contribution in [0.2, 0.25) is 5.02 Å². The molecule has 2 aliphatic rings. The van der Waals surface area contributed by atoms with Crippen LogP contribution in [0.4, 0.5) is 0 Å². The van der Waals surface area contributed by atoms with E-state index in [1.165, 1.54) is 11.8 Å². The molecule has 0 bridgehead atoms. The van der Waals surface area contributed by atoms with Gasteiger partial charge in [-0.3, -0.25) is 5.41 Å². The van der Waals surface area contributed by atoms with Crippen LogP contribution in [0, 0.1) is 34.0 Å². The van der Waals surface area contributed by atoms with E-state index >= 15 is 0 Å². The van der Waals surface area contributed by atoms with Gasteiger partial charge in [0, 0.05) is 16.6 Å². The number of esters is 1. The van der Waals surface area contributed by atoms with Crippen LogP contribution in [-0.4, -0.2) is 28.7 Å². The van der Waals surface area contributed by atoms with Crippen LogP contribution in [0.1, 0.15) is 61.4 Å². The van der Waals surface area contributed by atoms with Gasteiger partial charge >= 0.3 is 5.97 Å². The van der Waals surface area contributed by atoms with Crippen molar-refractivity contribution in [1.29, 1.82) is 15.9 Å². The molecule has 2 heterocycles. The van der Waals surface area contributed by atoms with E-state index in [2.05, 4.69) is 12.1 Å². The molecule has 2 atom stereocenters. The van der Waals surface area contributed by atoms with E-state index in [4.69, 9.17) is 31.5 Å². The first-order valence-corrected chi connectivity index (χ1v) is 13.6. The number of halogens is 1. The molecule has 1 aromatic heterocycles. The Balaban J connectivity index is 1.78. The molecule has 0 amide bonds. The van der Waals surface area contributed by atoms with Crippen LogP contribution in [0.25, 0.3) is 0 Å². The van der Waals surface area contributed by atoms with Crippen LogP contribution in [0.15, 0.2) is 46.7 Å². The Bertz CT molecular complexity index is 1340. The zero-order valence-corrected chi connectivity index (χ0v) is 22.3. The summed E-state index contributed by atoms with van der Waals surface area (Å²) in [6, 6.07) is 13.2. The zero-order valence-electron chi connectivity index (χ0n) is 20.7. The predicted molar refractivity (Wildman–Crippen MR) is 141 cm³/mol. The van der Waals surface area contributed by atoms with Crippen molar-refractivity contribution in [2.45, 2.75) is 63.0 Å². The lowest BCUT2D eigenvalue weighted by molar-refractivity contribution is -0.143. The Kier molecular flexibility index (Phi) is 8.53. The van der Waals surface area contributed by atoms with Gasteiger partial charge in [-0.15, -0.1) is 0 Å². The van der Waals surface area contributed by atoms with Gasteiger partial charge in [0.05, 0.1) is 29.1 Å². The van der Waals surface area contributed by atoms with E-state index in [0.717, 1.165) is 43.4 Å². The number of pyridine rings is 1. The van der Waals surface area contributed by atoms with Gasteiger partial charge < -0.3 is 9.47 Å². The predicted octanol–water partition coefficient (Wildman–Crippen LogP) is 6.10. The lowest BCUT2D eigenvalue weighted by Gasteiger charge is -2.32. The van der Waals surface area contributed by atoms with Crippen LogP contribution in [0.3, 0.4) is 0 Å². The van der Waals surface area contributed by atoms with Crippen molar-refractivity contribution in [3.8, 4) is 12.1 Å². The molecule has 4 rings (SSSR count). The maximum Gasteiger partial charge on any atom is 0.338 e. The molecule has 9 heteroatoms. The number of fused-ring (bicyclic) bond motifs is 1. The summed E-state index contributed by atoms with van der Waals surface area (Å²) in [4.78, 5) is 18.2. The Morgan fingerprint density at radius 1 is 1.27 bits per heavy atom. The van der Waals surface area contributed by atoms with E-state index in [0.29, 0.717) is 21.2 Å². The molecule has 2 unspecified atom stereocenters. The maximum atomic E-state index is 13.4. The number of benzene rings is 1. The number of nitriles is 2. The molecular formula is C28H27ClN4O3S. The third kappa shape index (κ3) is 5.82. The van der Waals surface area contributed by atoms with Gasteiger partial charge in [-0.25, -0.2) is 9.78 Å². The van der Waals surface area contributed by atoms with E-state index in [1.807, 2.05) is 6.07 Å². The molecule has 1 N–H and O–H groups in total. The molecular weight excluding hydrogens is 508 g/mol. The Morgan fingerprint density at radius 2 is 2.03 bits per heavy atom. The highest BCUT2D eigenvalue weighted by atomic mass is 35.5. The van der Waals surface area contributed by atoms with Gasteiger partial charge in [0.2, 0.25) is 5.90 Å². The number of carbonyl (C=O) groups excluding carboxylic acids is 1. The van der Waals surface area contributed by atoms with E-state index < -0.39 is 23.9 Å². The fourth-order valence-electron chi connectivity index (χ4n) is 4.68. The van der Waals surface area contributed by atoms with Crippen molar-refractivity contribution < 1.29 is 14.3 Å². The number of nitrogens with zero attached hydrogens (tertiary/aromatic N) is 3. The topological polar surface area (TPSA) is 120 Å². The number of hydrogen-bond acceptors (Lipinski definition) is 8. The number of nitrogens with one attached hydrogen (secondary N) is 1. The highest BCUT2D eigenvalue weighted by Crippen LogP contribution is 2.43. The molecule has 7 nitrogen and oxygen atoms in total. The van der Waals surface area contributed by atoms with E-state index in [1.54, 1.807) is 38.1 Å². The highest BCUT2D eigenvalue weighted by Gasteiger charge is 2.43. The number of aromatic nitrogens is 1. The molecule has 0 fully saturated rings. The minimum absolute atomic E-state index is 0.129. The quantitative estimate of drug-likeness (QED) is 0.270. The Morgan fingerprint density at radius 3 is 2.73 bits per heavy atom. The minimum Gasteiger partial charge on any atom is -0.460 e. The largest absolute Gasteiger partial charge is 0.460 e. The third-order valence-electron chi connectivity index (χ3n) is 6.38. The van der Waals surface area contributed by atoms with Crippen LogP contribution < -0.4 is 0 Å². The molecule has 0 spiro atoms. The maximum absolute atomic E-state index is 13.4.